The van der Waals surface area contributed by atoms with Gasteiger partial charge in [0.1, 0.15) is 0 Å². The predicted molar refractivity (Wildman–Crippen MR) is 81.4 cm³/mol. The van der Waals surface area contributed by atoms with E-state index >= 15 is 0 Å². The van der Waals surface area contributed by atoms with Gasteiger partial charge in [-0.2, -0.15) is 26.3 Å². The van der Waals surface area contributed by atoms with Crippen molar-refractivity contribution in [2.75, 3.05) is 0 Å². The maximum atomic E-state index is 12.4. The zero-order valence-electron chi connectivity index (χ0n) is 14.3. The Morgan fingerprint density at radius 2 is 1.00 bits per heavy atom. The van der Waals surface area contributed by atoms with E-state index in [4.69, 9.17) is 5.11 Å². The largest absolute Gasteiger partial charge is 0.453 e. The molecule has 0 aromatic carbocycles. The van der Waals surface area contributed by atoms with Gasteiger partial charge in [-0.15, -0.1) is 0 Å². The standard InChI is InChI=1S/C10H10F6O3.C7H10O2/c11-9(12,13)8(18,10(14,15)16)19-7-5-2-1-4(3-5)6(7)17;8-6-4-1-2-5(3-4)7(6)9/h1-2,4-7,17-18H,3H2;1-2,4-9H,3H2. The molecule has 0 aromatic rings. The number of ether oxygens (including phenoxy) is 1. The van der Waals surface area contributed by atoms with Crippen molar-refractivity contribution >= 4 is 0 Å². The zero-order valence-corrected chi connectivity index (χ0v) is 14.3. The van der Waals surface area contributed by atoms with Gasteiger partial charge in [0.15, 0.2) is 0 Å². The lowest BCUT2D eigenvalue weighted by molar-refractivity contribution is -0.469. The molecule has 0 heterocycles. The monoisotopic (exact) mass is 418 g/mol. The van der Waals surface area contributed by atoms with Crippen molar-refractivity contribution < 1.29 is 51.5 Å². The average molecular weight is 418 g/mol. The highest BCUT2D eigenvalue weighted by Crippen LogP contribution is 2.49. The Morgan fingerprint density at radius 1 is 0.643 bits per heavy atom. The van der Waals surface area contributed by atoms with Crippen LogP contribution in [0.4, 0.5) is 26.3 Å². The van der Waals surface area contributed by atoms with Gasteiger partial charge in [-0.05, 0) is 12.8 Å². The summed E-state index contributed by atoms with van der Waals surface area (Å²) in [5.41, 5.74) is 0. The molecule has 0 amide bonds. The van der Waals surface area contributed by atoms with Gasteiger partial charge in [-0.1, -0.05) is 24.3 Å². The fraction of sp³-hybridized carbons (Fsp3) is 0.765. The number of alkyl halides is 6. The van der Waals surface area contributed by atoms with Crippen LogP contribution in [0.1, 0.15) is 12.8 Å². The van der Waals surface area contributed by atoms with Gasteiger partial charge in [0, 0.05) is 23.7 Å². The van der Waals surface area contributed by atoms with Crippen molar-refractivity contribution in [2.24, 2.45) is 23.7 Å². The molecular formula is C17H20F6O5. The minimum Gasteiger partial charge on any atom is -0.390 e. The summed E-state index contributed by atoms with van der Waals surface area (Å²) < 4.78 is 78.4. The molecule has 0 saturated heterocycles. The third kappa shape index (κ3) is 3.47. The second kappa shape index (κ2) is 6.98. The van der Waals surface area contributed by atoms with E-state index in [0.717, 1.165) is 6.42 Å². The van der Waals surface area contributed by atoms with E-state index in [0.29, 0.717) is 0 Å². The molecule has 8 unspecified atom stereocenters. The zero-order chi connectivity index (χ0) is 21.1. The summed E-state index contributed by atoms with van der Waals surface area (Å²) in [6.45, 7) is 0. The summed E-state index contributed by atoms with van der Waals surface area (Å²) in [4.78, 5) is 0. The summed E-state index contributed by atoms with van der Waals surface area (Å²) in [6.07, 6.45) is -8.24. The smallest absolute Gasteiger partial charge is 0.390 e. The van der Waals surface area contributed by atoms with Crippen LogP contribution < -0.4 is 0 Å². The molecule has 0 radical (unpaired) electrons. The molecule has 4 bridgehead atoms. The molecule has 28 heavy (non-hydrogen) atoms. The Morgan fingerprint density at radius 3 is 1.29 bits per heavy atom. The maximum absolute atomic E-state index is 12.4. The minimum atomic E-state index is -6.05. The quantitative estimate of drug-likeness (QED) is 0.311. The second-order valence-corrected chi connectivity index (χ2v) is 7.59. The number of fused-ring (bicyclic) bond motifs is 4. The van der Waals surface area contributed by atoms with E-state index in [2.05, 4.69) is 4.74 Å². The van der Waals surface area contributed by atoms with Gasteiger partial charge >= 0.3 is 18.1 Å². The van der Waals surface area contributed by atoms with Crippen LogP contribution in [0.3, 0.4) is 0 Å². The van der Waals surface area contributed by atoms with E-state index < -0.39 is 54.4 Å². The number of hydrogen-bond acceptors (Lipinski definition) is 5. The third-order valence-corrected chi connectivity index (χ3v) is 5.80. The van der Waals surface area contributed by atoms with E-state index in [1.54, 1.807) is 0 Å². The third-order valence-electron chi connectivity index (χ3n) is 5.80. The highest BCUT2D eigenvalue weighted by Gasteiger charge is 2.74. The first-order valence-corrected chi connectivity index (χ1v) is 8.70. The Labute approximate surface area is 155 Å². The summed E-state index contributed by atoms with van der Waals surface area (Å²) in [7, 11) is 0. The van der Waals surface area contributed by atoms with Gasteiger partial charge in [0.05, 0.1) is 24.4 Å². The summed E-state index contributed by atoms with van der Waals surface area (Å²) >= 11 is 0. The van der Waals surface area contributed by atoms with Crippen molar-refractivity contribution in [2.45, 2.75) is 55.4 Å². The second-order valence-electron chi connectivity index (χ2n) is 7.59. The number of halogens is 6. The van der Waals surface area contributed by atoms with Crippen LogP contribution in [-0.2, 0) is 4.74 Å². The number of aliphatic hydroxyl groups is 4. The number of aliphatic hydroxyl groups excluding tert-OH is 3. The van der Waals surface area contributed by atoms with Crippen LogP contribution in [0.5, 0.6) is 0 Å². The molecular weight excluding hydrogens is 398 g/mol. The molecule has 0 spiro atoms. The van der Waals surface area contributed by atoms with Gasteiger partial charge < -0.3 is 25.2 Å². The van der Waals surface area contributed by atoms with Crippen molar-refractivity contribution in [3.8, 4) is 0 Å². The van der Waals surface area contributed by atoms with E-state index in [-0.39, 0.29) is 18.3 Å². The molecule has 2 saturated carbocycles. The molecule has 8 atom stereocenters. The fourth-order valence-electron chi connectivity index (χ4n) is 4.17. The minimum absolute atomic E-state index is 0.206. The van der Waals surface area contributed by atoms with Crippen molar-refractivity contribution in [3.05, 3.63) is 24.3 Å². The Hall–Kier alpha value is -1.14. The fourth-order valence-corrected chi connectivity index (χ4v) is 4.17. The molecule has 4 aliphatic carbocycles. The topological polar surface area (TPSA) is 90.2 Å². The van der Waals surface area contributed by atoms with Crippen LogP contribution in [0, 0.1) is 23.7 Å². The summed E-state index contributed by atoms with van der Waals surface area (Å²) in [5, 5.41) is 36.8. The van der Waals surface area contributed by atoms with E-state index in [9.17, 15) is 41.7 Å². The Kier molecular flexibility index (Phi) is 5.37. The van der Waals surface area contributed by atoms with Gasteiger partial charge in [-0.25, -0.2) is 0 Å². The summed E-state index contributed by atoms with van der Waals surface area (Å²) in [6, 6.07) is 0. The molecule has 4 N–H and O–H groups in total. The summed E-state index contributed by atoms with van der Waals surface area (Å²) in [5.74, 6) is -6.10. The highest BCUT2D eigenvalue weighted by molar-refractivity contribution is 5.16. The number of rotatable bonds is 2. The van der Waals surface area contributed by atoms with Crippen LogP contribution in [0.15, 0.2) is 24.3 Å². The van der Waals surface area contributed by atoms with E-state index in [1.165, 1.54) is 12.2 Å². The van der Waals surface area contributed by atoms with Gasteiger partial charge in [-0.3, -0.25) is 0 Å². The van der Waals surface area contributed by atoms with Crippen LogP contribution in [-0.4, -0.2) is 63.0 Å². The molecule has 2 fully saturated rings. The van der Waals surface area contributed by atoms with Crippen molar-refractivity contribution in [3.63, 3.8) is 0 Å². The molecule has 4 rings (SSSR count). The lowest BCUT2D eigenvalue weighted by Gasteiger charge is -2.36. The first-order chi connectivity index (χ1) is 12.8. The van der Waals surface area contributed by atoms with Crippen LogP contribution >= 0.6 is 0 Å². The van der Waals surface area contributed by atoms with Crippen molar-refractivity contribution in [1.29, 1.82) is 0 Å². The van der Waals surface area contributed by atoms with Gasteiger partial charge in [0.2, 0.25) is 0 Å². The molecule has 160 valence electrons. The molecule has 0 aliphatic heterocycles. The van der Waals surface area contributed by atoms with E-state index in [1.807, 2.05) is 12.2 Å². The molecule has 4 aliphatic rings. The predicted octanol–water partition coefficient (Wildman–Crippen LogP) is 1.67. The average Bonchev–Trinajstić information content (AvgIpc) is 3.32. The normalized spacial score (nSPS) is 41.5. The number of hydrogen-bond donors (Lipinski definition) is 4. The van der Waals surface area contributed by atoms with Crippen molar-refractivity contribution in [1.82, 2.24) is 0 Å². The molecule has 5 nitrogen and oxygen atoms in total. The lowest BCUT2D eigenvalue weighted by Crippen LogP contribution is -2.61. The Bertz CT molecular complexity index is 615. The SMILES string of the molecule is OC1C2C=CC(C2)C1O.OC1C2C=CC(C2)C1OC(O)(C(F)(F)F)C(F)(F)F. The maximum Gasteiger partial charge on any atom is 0.453 e. The van der Waals surface area contributed by atoms with Crippen LogP contribution in [0.2, 0.25) is 0 Å². The highest BCUT2D eigenvalue weighted by atomic mass is 19.4. The first kappa shape index (κ1) is 21.6. The molecule has 0 aromatic heterocycles. The molecule has 11 heteroatoms. The first-order valence-electron chi connectivity index (χ1n) is 8.70. The van der Waals surface area contributed by atoms with Crippen LogP contribution in [0.25, 0.3) is 0 Å². The Balaban J connectivity index is 0.000000206. The lowest BCUT2D eigenvalue weighted by atomic mass is 10.0. The van der Waals surface area contributed by atoms with Gasteiger partial charge in [0.25, 0.3) is 0 Å².